The van der Waals surface area contributed by atoms with Crippen LogP contribution < -0.4 is 15.4 Å². The number of urea groups is 1. The number of aromatic nitrogens is 1. The van der Waals surface area contributed by atoms with Gasteiger partial charge in [0.1, 0.15) is 5.76 Å². The Morgan fingerprint density at radius 2 is 2.19 bits per heavy atom. The summed E-state index contributed by atoms with van der Waals surface area (Å²) in [6.45, 7) is 3.47. The average molecular weight is 293 g/mol. The molecular weight excluding hydrogens is 277 g/mol. The van der Waals surface area contributed by atoms with E-state index in [1.54, 1.807) is 26.0 Å². The standard InChI is InChI=1S/C14H16FN3O3/c1-8-6-13(18-21-8)17-14(19)16-9(2)10-4-5-12(20-3)11(15)7-10/h4-7,9H,1-3H3,(H2,16,17,18,19). The fraction of sp³-hybridized carbons (Fsp3) is 0.286. The molecule has 2 aromatic rings. The van der Waals surface area contributed by atoms with Crippen LogP contribution >= 0.6 is 0 Å². The fourth-order valence-electron chi connectivity index (χ4n) is 1.81. The second kappa shape index (κ2) is 6.25. The number of carbonyl (C=O) groups excluding carboxylic acids is 1. The highest BCUT2D eigenvalue weighted by atomic mass is 19.1. The molecule has 1 aromatic heterocycles. The minimum atomic E-state index is -0.476. The van der Waals surface area contributed by atoms with Gasteiger partial charge >= 0.3 is 6.03 Å². The number of hydrogen-bond acceptors (Lipinski definition) is 4. The summed E-state index contributed by atoms with van der Waals surface area (Å²) in [6, 6.07) is 5.29. The third kappa shape index (κ3) is 3.71. The molecule has 0 saturated carbocycles. The summed E-state index contributed by atoms with van der Waals surface area (Å²) in [5.74, 6) is 0.596. The minimum Gasteiger partial charge on any atom is -0.494 e. The molecule has 1 atom stereocenters. The van der Waals surface area contributed by atoms with Gasteiger partial charge in [0.25, 0.3) is 0 Å². The minimum absolute atomic E-state index is 0.161. The van der Waals surface area contributed by atoms with E-state index in [0.29, 0.717) is 17.1 Å². The van der Waals surface area contributed by atoms with Crippen molar-refractivity contribution < 1.29 is 18.4 Å². The van der Waals surface area contributed by atoms with Crippen LogP contribution in [0.5, 0.6) is 5.75 Å². The van der Waals surface area contributed by atoms with E-state index in [2.05, 4.69) is 15.8 Å². The highest BCUT2D eigenvalue weighted by Gasteiger charge is 2.13. The van der Waals surface area contributed by atoms with Crippen LogP contribution in [0.15, 0.2) is 28.8 Å². The molecule has 21 heavy (non-hydrogen) atoms. The van der Waals surface area contributed by atoms with Gasteiger partial charge in [-0.1, -0.05) is 11.2 Å². The van der Waals surface area contributed by atoms with E-state index in [9.17, 15) is 9.18 Å². The van der Waals surface area contributed by atoms with E-state index < -0.39 is 11.8 Å². The molecule has 1 aromatic carbocycles. The zero-order valence-electron chi connectivity index (χ0n) is 11.9. The van der Waals surface area contributed by atoms with E-state index in [-0.39, 0.29) is 11.8 Å². The molecule has 7 heteroatoms. The molecule has 0 aliphatic carbocycles. The highest BCUT2D eigenvalue weighted by Crippen LogP contribution is 2.21. The first kappa shape index (κ1) is 14.8. The second-order valence-electron chi connectivity index (χ2n) is 4.54. The normalized spacial score (nSPS) is 11.8. The molecule has 0 radical (unpaired) electrons. The summed E-state index contributed by atoms with van der Waals surface area (Å²) in [4.78, 5) is 11.8. The van der Waals surface area contributed by atoms with Gasteiger partial charge in [-0.05, 0) is 31.5 Å². The maximum absolute atomic E-state index is 13.6. The Morgan fingerprint density at radius 1 is 1.43 bits per heavy atom. The van der Waals surface area contributed by atoms with Gasteiger partial charge in [-0.25, -0.2) is 9.18 Å². The molecule has 2 N–H and O–H groups in total. The Morgan fingerprint density at radius 3 is 2.76 bits per heavy atom. The quantitative estimate of drug-likeness (QED) is 0.908. The number of rotatable bonds is 4. The first-order valence-electron chi connectivity index (χ1n) is 6.34. The third-order valence-electron chi connectivity index (χ3n) is 2.89. The first-order chi connectivity index (χ1) is 9.99. The number of anilines is 1. The molecule has 0 saturated heterocycles. The van der Waals surface area contributed by atoms with Crippen LogP contribution in [0.25, 0.3) is 0 Å². The largest absolute Gasteiger partial charge is 0.494 e. The number of methoxy groups -OCH3 is 1. The Bertz CT molecular complexity index is 642. The molecule has 1 unspecified atom stereocenters. The Hall–Kier alpha value is -2.57. The van der Waals surface area contributed by atoms with E-state index in [1.807, 2.05) is 0 Å². The van der Waals surface area contributed by atoms with Gasteiger partial charge in [-0.2, -0.15) is 0 Å². The van der Waals surface area contributed by atoms with E-state index >= 15 is 0 Å². The molecule has 0 fully saturated rings. The molecule has 6 nitrogen and oxygen atoms in total. The SMILES string of the molecule is COc1ccc(C(C)NC(=O)Nc2cc(C)on2)cc1F. The van der Waals surface area contributed by atoms with Crippen molar-refractivity contribution in [3.8, 4) is 5.75 Å². The first-order valence-corrected chi connectivity index (χ1v) is 6.34. The van der Waals surface area contributed by atoms with Crippen molar-refractivity contribution >= 4 is 11.8 Å². The number of ether oxygens (including phenoxy) is 1. The summed E-state index contributed by atoms with van der Waals surface area (Å²) in [6.07, 6.45) is 0. The van der Waals surface area contributed by atoms with Gasteiger partial charge in [0.2, 0.25) is 0 Å². The van der Waals surface area contributed by atoms with Crippen molar-refractivity contribution in [1.82, 2.24) is 10.5 Å². The number of amides is 2. The van der Waals surface area contributed by atoms with Crippen molar-refractivity contribution in [2.75, 3.05) is 12.4 Å². The van der Waals surface area contributed by atoms with Gasteiger partial charge in [-0.15, -0.1) is 0 Å². The second-order valence-corrected chi connectivity index (χ2v) is 4.54. The van der Waals surface area contributed by atoms with Crippen molar-refractivity contribution in [2.24, 2.45) is 0 Å². The number of aryl methyl sites for hydroxylation is 1. The number of benzene rings is 1. The number of carbonyl (C=O) groups is 1. The van der Waals surface area contributed by atoms with Crippen molar-refractivity contribution in [1.29, 1.82) is 0 Å². The van der Waals surface area contributed by atoms with E-state index in [1.165, 1.54) is 19.2 Å². The summed E-state index contributed by atoms with van der Waals surface area (Å²) in [5.41, 5.74) is 0.625. The maximum atomic E-state index is 13.6. The van der Waals surface area contributed by atoms with Crippen molar-refractivity contribution in [3.63, 3.8) is 0 Å². The predicted molar refractivity (Wildman–Crippen MR) is 74.8 cm³/mol. The zero-order chi connectivity index (χ0) is 15.4. The summed E-state index contributed by atoms with van der Waals surface area (Å²) in [7, 11) is 1.40. The molecule has 2 rings (SSSR count). The fourth-order valence-corrected chi connectivity index (χ4v) is 1.81. The van der Waals surface area contributed by atoms with Crippen LogP contribution in [0.4, 0.5) is 15.0 Å². The van der Waals surface area contributed by atoms with Crippen LogP contribution in [-0.2, 0) is 0 Å². The topological polar surface area (TPSA) is 76.4 Å². The van der Waals surface area contributed by atoms with Crippen molar-refractivity contribution in [2.45, 2.75) is 19.9 Å². The van der Waals surface area contributed by atoms with Gasteiger partial charge in [0, 0.05) is 6.07 Å². The molecule has 0 spiro atoms. The lowest BCUT2D eigenvalue weighted by atomic mass is 10.1. The summed E-state index contributed by atoms with van der Waals surface area (Å²) >= 11 is 0. The lowest BCUT2D eigenvalue weighted by Gasteiger charge is -2.15. The number of halogens is 1. The Balaban J connectivity index is 1.98. The van der Waals surface area contributed by atoms with Crippen LogP contribution in [-0.4, -0.2) is 18.3 Å². The van der Waals surface area contributed by atoms with Crippen molar-refractivity contribution in [3.05, 3.63) is 41.4 Å². The number of nitrogens with one attached hydrogen (secondary N) is 2. The van der Waals surface area contributed by atoms with Gasteiger partial charge in [-0.3, -0.25) is 5.32 Å². The number of nitrogens with zero attached hydrogens (tertiary/aromatic N) is 1. The van der Waals surface area contributed by atoms with Gasteiger partial charge in [0.05, 0.1) is 13.2 Å². The molecule has 1 heterocycles. The van der Waals surface area contributed by atoms with Gasteiger partial charge < -0.3 is 14.6 Å². The van der Waals surface area contributed by atoms with Crippen LogP contribution in [0, 0.1) is 12.7 Å². The average Bonchev–Trinajstić information content (AvgIpc) is 2.83. The van der Waals surface area contributed by atoms with Crippen LogP contribution in [0.2, 0.25) is 0 Å². The maximum Gasteiger partial charge on any atom is 0.320 e. The molecular formula is C14H16FN3O3. The molecule has 0 aliphatic rings. The highest BCUT2D eigenvalue weighted by molar-refractivity contribution is 5.88. The molecule has 0 bridgehead atoms. The number of hydrogen-bond donors (Lipinski definition) is 2. The van der Waals surface area contributed by atoms with Gasteiger partial charge in [0.15, 0.2) is 17.4 Å². The molecule has 0 aliphatic heterocycles. The van der Waals surface area contributed by atoms with E-state index in [0.717, 1.165) is 0 Å². The lowest BCUT2D eigenvalue weighted by molar-refractivity contribution is 0.249. The monoisotopic (exact) mass is 293 g/mol. The van der Waals surface area contributed by atoms with Crippen LogP contribution in [0.1, 0.15) is 24.3 Å². The molecule has 2 amide bonds. The smallest absolute Gasteiger partial charge is 0.320 e. The third-order valence-corrected chi connectivity index (χ3v) is 2.89. The summed E-state index contributed by atoms with van der Waals surface area (Å²) < 4.78 is 23.3. The lowest BCUT2D eigenvalue weighted by Crippen LogP contribution is -2.31. The summed E-state index contributed by atoms with van der Waals surface area (Å²) in [5, 5.41) is 8.86. The Labute approximate surface area is 121 Å². The van der Waals surface area contributed by atoms with E-state index in [4.69, 9.17) is 9.26 Å². The van der Waals surface area contributed by atoms with Crippen LogP contribution in [0.3, 0.4) is 0 Å². The Kier molecular flexibility index (Phi) is 4.42. The predicted octanol–water partition coefficient (Wildman–Crippen LogP) is 3.01. The molecule has 112 valence electrons. The zero-order valence-corrected chi connectivity index (χ0v) is 11.9.